The number of rotatable bonds is 2. The molecule has 0 spiro atoms. The molecule has 86 valence electrons. The summed E-state index contributed by atoms with van der Waals surface area (Å²) in [5.74, 6) is 6.84. The third kappa shape index (κ3) is 3.58. The van der Waals surface area contributed by atoms with Gasteiger partial charge in [-0.2, -0.15) is 0 Å². The maximum absolute atomic E-state index is 10.7. The molecule has 0 bridgehead atoms. The van der Waals surface area contributed by atoms with Gasteiger partial charge < -0.3 is 0 Å². The number of thiazole rings is 1. The minimum Gasteiger partial charge on any atom is -0.288 e. The summed E-state index contributed by atoms with van der Waals surface area (Å²) >= 11 is 2.92. The highest BCUT2D eigenvalue weighted by molar-refractivity contribution is 8.13. The average molecular weight is 261 g/mol. The molecule has 0 unspecified atom stereocenters. The normalized spacial score (nSPS) is 9.94. The molecule has 0 atom stereocenters. The van der Waals surface area contributed by atoms with Crippen LogP contribution in [-0.2, 0) is 4.79 Å². The molecule has 1 heterocycles. The van der Waals surface area contributed by atoms with E-state index in [9.17, 15) is 4.79 Å². The van der Waals surface area contributed by atoms with Crippen molar-refractivity contribution >= 4 is 38.4 Å². The van der Waals surface area contributed by atoms with Crippen LogP contribution in [0.3, 0.4) is 0 Å². The molecule has 0 saturated heterocycles. The maximum atomic E-state index is 10.7. The number of carbonyl (C=O) groups is 1. The van der Waals surface area contributed by atoms with E-state index in [4.69, 9.17) is 0 Å². The Hall–Kier alpha value is -1.31. The number of para-hydroxylation sites is 1. The second-order valence-corrected chi connectivity index (χ2v) is 5.68. The van der Waals surface area contributed by atoms with Gasteiger partial charge in [0.25, 0.3) is 0 Å². The quantitative estimate of drug-likeness (QED) is 0.613. The van der Waals surface area contributed by atoms with E-state index in [2.05, 4.69) is 16.8 Å². The van der Waals surface area contributed by atoms with Crippen LogP contribution < -0.4 is 0 Å². The molecule has 2 rings (SSSR count). The summed E-state index contributed by atoms with van der Waals surface area (Å²) in [7, 11) is 0. The van der Waals surface area contributed by atoms with Gasteiger partial charge in [0, 0.05) is 19.1 Å². The van der Waals surface area contributed by atoms with Crippen LogP contribution >= 0.6 is 23.1 Å². The van der Waals surface area contributed by atoms with Crippen LogP contribution in [0, 0.1) is 11.8 Å². The lowest BCUT2D eigenvalue weighted by Crippen LogP contribution is -1.83. The molecular weight excluding hydrogens is 250 g/mol. The van der Waals surface area contributed by atoms with Gasteiger partial charge in [0.05, 0.1) is 10.2 Å². The molecule has 2 aromatic rings. The van der Waals surface area contributed by atoms with Gasteiger partial charge in [-0.3, -0.25) is 4.79 Å². The third-order valence-corrected chi connectivity index (χ3v) is 3.79. The fourth-order valence-electron chi connectivity index (χ4n) is 1.31. The molecule has 0 aliphatic carbocycles. The van der Waals surface area contributed by atoms with Gasteiger partial charge in [0.1, 0.15) is 0 Å². The van der Waals surface area contributed by atoms with Crippen molar-refractivity contribution in [1.29, 1.82) is 0 Å². The fraction of sp³-hybridized carbons (Fsp3) is 0.231. The number of hydrogen-bond donors (Lipinski definition) is 0. The van der Waals surface area contributed by atoms with Crippen LogP contribution in [-0.4, -0.2) is 15.9 Å². The number of hydrogen-bond acceptors (Lipinski definition) is 4. The highest BCUT2D eigenvalue weighted by atomic mass is 32.2. The topological polar surface area (TPSA) is 30.0 Å². The molecule has 0 fully saturated rings. The summed E-state index contributed by atoms with van der Waals surface area (Å²) in [6.07, 6.45) is 0.722. The first-order valence-electron chi connectivity index (χ1n) is 5.23. The zero-order valence-corrected chi connectivity index (χ0v) is 11.0. The highest BCUT2D eigenvalue weighted by Crippen LogP contribution is 2.20. The molecule has 0 amide bonds. The zero-order valence-electron chi connectivity index (χ0n) is 9.40. The SMILES string of the molecule is CC(=O)SCCC#Cc1nc2ccccc2s1. The minimum atomic E-state index is 0.145. The summed E-state index contributed by atoms with van der Waals surface area (Å²) in [6, 6.07) is 8.01. The Morgan fingerprint density at radius 1 is 1.47 bits per heavy atom. The van der Waals surface area contributed by atoms with E-state index >= 15 is 0 Å². The monoisotopic (exact) mass is 261 g/mol. The van der Waals surface area contributed by atoms with Crippen molar-refractivity contribution in [2.45, 2.75) is 13.3 Å². The molecule has 0 aliphatic heterocycles. The summed E-state index contributed by atoms with van der Waals surface area (Å²) in [5.41, 5.74) is 1.000. The highest BCUT2D eigenvalue weighted by Gasteiger charge is 1.99. The van der Waals surface area contributed by atoms with E-state index in [1.54, 1.807) is 18.3 Å². The standard InChI is InChI=1S/C13H11NOS2/c1-10(15)16-9-5-4-8-13-14-11-6-2-3-7-12(11)17-13/h2-3,6-7H,5,9H2,1H3. The van der Waals surface area contributed by atoms with Crippen molar-refractivity contribution in [3.63, 3.8) is 0 Å². The maximum Gasteiger partial charge on any atom is 0.185 e. The number of nitrogens with zero attached hydrogens (tertiary/aromatic N) is 1. The summed E-state index contributed by atoms with van der Waals surface area (Å²) in [6.45, 7) is 1.58. The van der Waals surface area contributed by atoms with Crippen LogP contribution in [0.1, 0.15) is 18.4 Å². The first-order valence-corrected chi connectivity index (χ1v) is 7.04. The molecule has 0 saturated carbocycles. The van der Waals surface area contributed by atoms with Crippen molar-refractivity contribution in [3.05, 3.63) is 29.3 Å². The number of thioether (sulfide) groups is 1. The van der Waals surface area contributed by atoms with E-state index in [0.29, 0.717) is 0 Å². The molecule has 1 aromatic carbocycles. The van der Waals surface area contributed by atoms with Gasteiger partial charge in [-0.1, -0.05) is 29.8 Å². The van der Waals surface area contributed by atoms with Gasteiger partial charge in [0.2, 0.25) is 0 Å². The van der Waals surface area contributed by atoms with Crippen LogP contribution in [0.5, 0.6) is 0 Å². The molecule has 0 radical (unpaired) electrons. The fourth-order valence-corrected chi connectivity index (χ4v) is 2.64. The molecular formula is C13H11NOS2. The zero-order chi connectivity index (χ0) is 12.1. The molecule has 0 N–H and O–H groups in total. The van der Waals surface area contributed by atoms with Crippen LogP contribution in [0.4, 0.5) is 0 Å². The van der Waals surface area contributed by atoms with Gasteiger partial charge in [-0.05, 0) is 18.1 Å². The van der Waals surface area contributed by atoms with Crippen molar-refractivity contribution in [2.24, 2.45) is 0 Å². The van der Waals surface area contributed by atoms with Crippen LogP contribution in [0.15, 0.2) is 24.3 Å². The lowest BCUT2D eigenvalue weighted by Gasteiger charge is -1.87. The van der Waals surface area contributed by atoms with Crippen molar-refractivity contribution in [3.8, 4) is 11.8 Å². The average Bonchev–Trinajstić information content (AvgIpc) is 2.70. The van der Waals surface area contributed by atoms with Gasteiger partial charge >= 0.3 is 0 Å². The number of benzene rings is 1. The van der Waals surface area contributed by atoms with Crippen molar-refractivity contribution in [2.75, 3.05) is 5.75 Å². The van der Waals surface area contributed by atoms with Crippen molar-refractivity contribution in [1.82, 2.24) is 4.98 Å². The minimum absolute atomic E-state index is 0.145. The number of aromatic nitrogens is 1. The molecule has 1 aromatic heterocycles. The number of fused-ring (bicyclic) bond motifs is 1. The van der Waals surface area contributed by atoms with E-state index < -0.39 is 0 Å². The smallest absolute Gasteiger partial charge is 0.185 e. The molecule has 2 nitrogen and oxygen atoms in total. The third-order valence-electron chi connectivity index (χ3n) is 2.02. The first-order chi connectivity index (χ1) is 8.25. The second kappa shape index (κ2) is 5.85. The Balaban J connectivity index is 1.99. The summed E-state index contributed by atoms with van der Waals surface area (Å²) in [4.78, 5) is 15.1. The van der Waals surface area contributed by atoms with Crippen molar-refractivity contribution < 1.29 is 4.79 Å². The predicted octanol–water partition coefficient (Wildman–Crippen LogP) is 3.32. The molecule has 4 heteroatoms. The Morgan fingerprint density at radius 2 is 2.29 bits per heavy atom. The largest absolute Gasteiger partial charge is 0.288 e. The van der Waals surface area contributed by atoms with E-state index in [1.165, 1.54) is 11.8 Å². The van der Waals surface area contributed by atoms with Gasteiger partial charge in [0.15, 0.2) is 10.1 Å². The number of carbonyl (C=O) groups excluding carboxylic acids is 1. The van der Waals surface area contributed by atoms with E-state index in [1.807, 2.05) is 24.3 Å². The van der Waals surface area contributed by atoms with Crippen LogP contribution in [0.25, 0.3) is 10.2 Å². The summed E-state index contributed by atoms with van der Waals surface area (Å²) in [5, 5.41) is 0.991. The predicted molar refractivity (Wildman–Crippen MR) is 74.3 cm³/mol. The first kappa shape index (κ1) is 12.2. The van der Waals surface area contributed by atoms with Gasteiger partial charge in [-0.25, -0.2) is 4.98 Å². The lowest BCUT2D eigenvalue weighted by molar-refractivity contribution is -0.109. The molecule has 17 heavy (non-hydrogen) atoms. The lowest BCUT2D eigenvalue weighted by atomic mass is 10.3. The van der Waals surface area contributed by atoms with Crippen LogP contribution in [0.2, 0.25) is 0 Å². The van der Waals surface area contributed by atoms with Gasteiger partial charge in [-0.15, -0.1) is 11.3 Å². The Bertz CT molecular complexity index is 559. The second-order valence-electron chi connectivity index (χ2n) is 3.38. The Labute approximate surface area is 108 Å². The van der Waals surface area contributed by atoms with E-state index in [0.717, 1.165) is 27.4 Å². The Morgan fingerprint density at radius 3 is 3.06 bits per heavy atom. The molecule has 0 aliphatic rings. The summed E-state index contributed by atoms with van der Waals surface area (Å²) < 4.78 is 1.16. The van der Waals surface area contributed by atoms with E-state index in [-0.39, 0.29) is 5.12 Å². The Kier molecular flexibility index (Phi) is 4.18.